The highest BCUT2D eigenvalue weighted by atomic mass is 29.3. The summed E-state index contributed by atoms with van der Waals surface area (Å²) in [6.45, 7) is 42.5. The van der Waals surface area contributed by atoms with Gasteiger partial charge in [-0.1, -0.05) is 243 Å². The van der Waals surface area contributed by atoms with Gasteiger partial charge in [0.05, 0.1) is 60.7 Å². The maximum atomic E-state index is 2.66. The predicted molar refractivity (Wildman–Crippen MR) is 243 cm³/mol. The molecule has 8 heteroatoms. The first-order valence-electron chi connectivity index (χ1n) is 18.3. The van der Waals surface area contributed by atoms with E-state index in [2.05, 4.69) is 202 Å². The third-order valence-electron chi connectivity index (χ3n) is 15.6. The van der Waals surface area contributed by atoms with Crippen molar-refractivity contribution in [3.63, 3.8) is 0 Å². The fraction of sp³-hybridized carbons (Fsp3) is 0.400. The van der Waals surface area contributed by atoms with Crippen molar-refractivity contribution in [3.05, 3.63) is 97.1 Å². The molecular formula is C40H64Si8. The molecule has 0 aliphatic carbocycles. The maximum absolute atomic E-state index is 2.66. The summed E-state index contributed by atoms with van der Waals surface area (Å²) in [5, 5.41) is 13.1. The van der Waals surface area contributed by atoms with Gasteiger partial charge in [0.25, 0.3) is 0 Å². The first-order valence-corrected chi connectivity index (χ1v) is 46.3. The third kappa shape index (κ3) is 5.65. The average molecular weight is 770 g/mol. The van der Waals surface area contributed by atoms with Gasteiger partial charge in [0.1, 0.15) is 0 Å². The lowest BCUT2D eigenvalue weighted by molar-refractivity contribution is 1.66. The fourth-order valence-electron chi connectivity index (χ4n) is 8.10. The standard InChI is InChI=1S/C40H64Si8/c1-41(2)33-17-19-35(20-18-33)43(5,6)45(9,10)37-25-27-39(28-26-37)47(13,14)48(15,16)40-31-29-38(30-32-40)46(11,12)44(7,8)36-23-21-34(22-24-36)42(41,3)4/h17-32H,1-16H3. The Labute approximate surface area is 302 Å². The molecule has 0 saturated heterocycles. The van der Waals surface area contributed by atoms with E-state index in [1.807, 2.05) is 0 Å². The second-order valence-corrected chi connectivity index (χ2v) is 79.9. The quantitative estimate of drug-likeness (QED) is 0.181. The number of benzene rings is 4. The maximum Gasteiger partial charge on any atom is 0.0791 e. The van der Waals surface area contributed by atoms with Crippen LogP contribution in [0.1, 0.15) is 0 Å². The van der Waals surface area contributed by atoms with Crippen molar-refractivity contribution < 1.29 is 0 Å². The van der Waals surface area contributed by atoms with E-state index < -0.39 is 60.7 Å². The summed E-state index contributed by atoms with van der Waals surface area (Å²) < 4.78 is 0. The van der Waals surface area contributed by atoms with Crippen molar-refractivity contribution in [2.24, 2.45) is 0 Å². The van der Waals surface area contributed by atoms with Crippen LogP contribution in [0.4, 0.5) is 0 Å². The van der Waals surface area contributed by atoms with Crippen LogP contribution in [-0.4, -0.2) is 60.7 Å². The highest BCUT2D eigenvalue weighted by Gasteiger charge is 2.49. The molecule has 0 N–H and O–H groups in total. The molecule has 48 heavy (non-hydrogen) atoms. The highest BCUT2D eigenvalue weighted by Crippen LogP contribution is 2.25. The van der Waals surface area contributed by atoms with Crippen LogP contribution in [-0.2, 0) is 0 Å². The summed E-state index contributed by atoms with van der Waals surface area (Å²) in [6, 6.07) is 41.1. The number of hydrogen-bond acceptors (Lipinski definition) is 0. The summed E-state index contributed by atoms with van der Waals surface area (Å²) in [5.41, 5.74) is 0. The lowest BCUT2D eigenvalue weighted by Crippen LogP contribution is -2.72. The fourth-order valence-corrected chi connectivity index (χ4v) is 43.2. The Bertz CT molecular complexity index is 1370. The lowest BCUT2D eigenvalue weighted by atomic mass is 10.4. The van der Waals surface area contributed by atoms with E-state index in [4.69, 9.17) is 0 Å². The molecule has 0 atom stereocenters. The van der Waals surface area contributed by atoms with Gasteiger partial charge in [-0.2, -0.15) is 0 Å². The van der Waals surface area contributed by atoms with Crippen molar-refractivity contribution in [2.45, 2.75) is 105 Å². The Morgan fingerprint density at radius 1 is 0.167 bits per heavy atom. The zero-order valence-electron chi connectivity index (χ0n) is 33.2. The minimum atomic E-state index is -1.73. The second kappa shape index (κ2) is 12.1. The van der Waals surface area contributed by atoms with Gasteiger partial charge in [0.2, 0.25) is 0 Å². The van der Waals surface area contributed by atoms with Gasteiger partial charge in [-0.05, 0) is 0 Å². The summed E-state index contributed by atoms with van der Waals surface area (Å²) in [5.74, 6) is 0. The monoisotopic (exact) mass is 768 g/mol. The summed E-state index contributed by atoms with van der Waals surface area (Å²) in [7, 11) is -13.8. The van der Waals surface area contributed by atoms with Gasteiger partial charge >= 0.3 is 0 Å². The molecule has 7 heterocycles. The molecule has 0 spiro atoms. The first-order chi connectivity index (χ1) is 21.8. The van der Waals surface area contributed by atoms with E-state index in [-0.39, 0.29) is 0 Å². The van der Waals surface area contributed by atoms with Crippen LogP contribution in [0.3, 0.4) is 0 Å². The molecule has 0 nitrogen and oxygen atoms in total. The van der Waals surface area contributed by atoms with Crippen LogP contribution in [0.15, 0.2) is 97.1 Å². The summed E-state index contributed by atoms with van der Waals surface area (Å²) >= 11 is 0. The minimum absolute atomic E-state index is 1.64. The van der Waals surface area contributed by atoms with E-state index in [9.17, 15) is 0 Å². The predicted octanol–water partition coefficient (Wildman–Crippen LogP) is 6.44. The topological polar surface area (TPSA) is 0 Å². The van der Waals surface area contributed by atoms with Gasteiger partial charge < -0.3 is 0 Å². The Kier molecular flexibility index (Phi) is 9.55. The van der Waals surface area contributed by atoms with Crippen LogP contribution < -0.4 is 41.5 Å². The van der Waals surface area contributed by atoms with Gasteiger partial charge in [-0.25, -0.2) is 0 Å². The van der Waals surface area contributed by atoms with Crippen LogP contribution in [0.5, 0.6) is 0 Å². The zero-order valence-corrected chi connectivity index (χ0v) is 41.2. The molecular weight excluding hydrogens is 705 g/mol. The molecule has 0 aromatic heterocycles. The van der Waals surface area contributed by atoms with Crippen LogP contribution in [0.2, 0.25) is 105 Å². The Balaban J connectivity index is 1.71. The molecule has 4 aromatic rings. The van der Waals surface area contributed by atoms with E-state index in [1.165, 1.54) is 0 Å². The van der Waals surface area contributed by atoms with Crippen LogP contribution in [0, 0.1) is 0 Å². The van der Waals surface area contributed by atoms with E-state index >= 15 is 0 Å². The van der Waals surface area contributed by atoms with Gasteiger partial charge in [0.15, 0.2) is 0 Å². The molecule has 0 unspecified atom stereocenters. The van der Waals surface area contributed by atoms with Crippen LogP contribution >= 0.6 is 0 Å². The van der Waals surface area contributed by atoms with Gasteiger partial charge in [-0.15, -0.1) is 0 Å². The highest BCUT2D eigenvalue weighted by molar-refractivity contribution is 7.52. The second-order valence-electron chi connectivity index (χ2n) is 19.3. The Morgan fingerprint density at radius 3 is 0.292 bits per heavy atom. The molecule has 8 bridgehead atoms. The average Bonchev–Trinajstić information content (AvgIpc) is 3.04. The molecule has 7 aliphatic heterocycles. The van der Waals surface area contributed by atoms with Crippen LogP contribution in [0.25, 0.3) is 0 Å². The van der Waals surface area contributed by atoms with Crippen molar-refractivity contribution in [1.29, 1.82) is 0 Å². The largest absolute Gasteiger partial charge is 0.0791 e. The van der Waals surface area contributed by atoms with Crippen molar-refractivity contribution in [1.82, 2.24) is 0 Å². The SMILES string of the molecule is C[Si]1(C)c2ccc(cc2)[Si](C)(C)[Si](C)(C)c2ccc(cc2)[Si](C)(C)[Si](C)(C)c2ccc(cc2)[Si](C)(C)[Si](C)(C)c2ccc(cc2)[Si]1(C)C. The Hall–Kier alpha value is -1.38. The summed E-state index contributed by atoms with van der Waals surface area (Å²) in [4.78, 5) is 0. The van der Waals surface area contributed by atoms with Crippen molar-refractivity contribution in [3.8, 4) is 0 Å². The molecule has 7 aliphatic rings. The van der Waals surface area contributed by atoms with Crippen molar-refractivity contribution >= 4 is 102 Å². The number of hydrogen-bond donors (Lipinski definition) is 0. The third-order valence-corrected chi connectivity index (χ3v) is 86.7. The molecule has 11 rings (SSSR count). The molecule has 256 valence electrons. The van der Waals surface area contributed by atoms with Gasteiger partial charge in [0, 0.05) is 0 Å². The molecule has 0 amide bonds. The normalized spacial score (nSPS) is 22.7. The van der Waals surface area contributed by atoms with E-state index in [0.29, 0.717) is 0 Å². The minimum Gasteiger partial charge on any atom is -0.0671 e. The van der Waals surface area contributed by atoms with E-state index in [0.717, 1.165) is 0 Å². The smallest absolute Gasteiger partial charge is 0.0671 e. The first kappa shape index (κ1) is 37.9. The lowest BCUT2D eigenvalue weighted by Gasteiger charge is -2.43. The zero-order chi connectivity index (χ0) is 35.9. The van der Waals surface area contributed by atoms with Gasteiger partial charge in [-0.3, -0.25) is 0 Å². The van der Waals surface area contributed by atoms with E-state index in [1.54, 1.807) is 41.5 Å². The molecule has 0 fully saturated rings. The van der Waals surface area contributed by atoms with Crippen molar-refractivity contribution in [2.75, 3.05) is 0 Å². The summed E-state index contributed by atoms with van der Waals surface area (Å²) in [6.07, 6.45) is 0. The molecule has 4 aromatic carbocycles. The Morgan fingerprint density at radius 2 is 0.229 bits per heavy atom. The number of rotatable bonds is 0. The molecule has 0 saturated carbocycles. The molecule has 0 radical (unpaired) electrons.